The summed E-state index contributed by atoms with van der Waals surface area (Å²) in [5.41, 5.74) is 2.36. The molecule has 0 saturated heterocycles. The minimum Gasteiger partial charge on any atom is -0.469 e. The summed E-state index contributed by atoms with van der Waals surface area (Å²) in [6.45, 7) is 0.705. The van der Waals surface area contributed by atoms with Crippen molar-refractivity contribution in [1.82, 2.24) is 4.98 Å². The molecule has 0 unspecified atom stereocenters. The molecule has 0 fully saturated rings. The predicted octanol–water partition coefficient (Wildman–Crippen LogP) is 3.38. The van der Waals surface area contributed by atoms with Gasteiger partial charge < -0.3 is 18.8 Å². The van der Waals surface area contributed by atoms with Gasteiger partial charge in [0.2, 0.25) is 0 Å². The largest absolute Gasteiger partial charge is 0.469 e. The van der Waals surface area contributed by atoms with Crippen LogP contribution in [0.3, 0.4) is 0 Å². The van der Waals surface area contributed by atoms with Gasteiger partial charge in [-0.25, -0.2) is 4.98 Å². The quantitative estimate of drug-likeness (QED) is 0.248. The molecule has 2 aromatic carbocycles. The Bertz CT molecular complexity index is 1310. The average molecular weight is 434 g/mol. The zero-order chi connectivity index (χ0) is 22.7. The molecular weight excluding hydrogens is 412 g/mol. The number of carbonyl (C=O) groups is 2. The lowest BCUT2D eigenvalue weighted by atomic mass is 10.0. The van der Waals surface area contributed by atoms with E-state index in [-0.39, 0.29) is 30.2 Å². The third kappa shape index (κ3) is 4.25. The summed E-state index contributed by atoms with van der Waals surface area (Å²) in [6, 6.07) is 14.2. The molecule has 2 aliphatic rings. The fourth-order valence-electron chi connectivity index (χ4n) is 3.63. The van der Waals surface area contributed by atoms with Gasteiger partial charge in [0.15, 0.2) is 16.8 Å². The van der Waals surface area contributed by atoms with Crippen LogP contribution in [0, 0.1) is 0 Å². The van der Waals surface area contributed by atoms with E-state index in [9.17, 15) is 14.4 Å². The standard InChI is InChI=1S/C24H22N2O6/c1-30-22(28)9-11-26(12-10-23(29)31-2)15-7-8-18-20(13-15)32-21-14-19(27)16-5-3-4-6-17(16)24(21)25-18/h3-8,13-14H,9-12H2,1-2H3. The second-order valence-electron chi connectivity index (χ2n) is 7.27. The molecule has 0 atom stereocenters. The number of esters is 2. The van der Waals surface area contributed by atoms with Crippen LogP contribution in [0.25, 0.3) is 33.3 Å². The monoisotopic (exact) mass is 434 g/mol. The van der Waals surface area contributed by atoms with Crippen molar-refractivity contribution in [2.45, 2.75) is 12.8 Å². The van der Waals surface area contributed by atoms with Crippen LogP contribution in [-0.4, -0.2) is 44.2 Å². The van der Waals surface area contributed by atoms with Gasteiger partial charge >= 0.3 is 11.9 Å². The number of methoxy groups -OCH3 is 2. The van der Waals surface area contributed by atoms with Crippen LogP contribution in [0.2, 0.25) is 0 Å². The third-order valence-electron chi connectivity index (χ3n) is 5.33. The molecule has 32 heavy (non-hydrogen) atoms. The zero-order valence-corrected chi connectivity index (χ0v) is 17.8. The number of nitrogens with zero attached hydrogens (tertiary/aromatic N) is 2. The molecule has 164 valence electrons. The summed E-state index contributed by atoms with van der Waals surface area (Å²) >= 11 is 0. The Hall–Kier alpha value is -3.94. The number of anilines is 1. The number of ether oxygens (including phenoxy) is 2. The number of aromatic nitrogens is 1. The fraction of sp³-hybridized carbons (Fsp3) is 0.250. The number of hydrogen-bond donors (Lipinski definition) is 0. The highest BCUT2D eigenvalue weighted by molar-refractivity contribution is 5.96. The lowest BCUT2D eigenvalue weighted by Gasteiger charge is -2.24. The Morgan fingerprint density at radius 2 is 1.59 bits per heavy atom. The van der Waals surface area contributed by atoms with Crippen LogP contribution < -0.4 is 10.3 Å². The van der Waals surface area contributed by atoms with E-state index < -0.39 is 0 Å². The van der Waals surface area contributed by atoms with Crippen molar-refractivity contribution in [3.05, 3.63) is 58.8 Å². The highest BCUT2D eigenvalue weighted by atomic mass is 16.5. The Morgan fingerprint density at radius 3 is 2.25 bits per heavy atom. The highest BCUT2D eigenvalue weighted by Gasteiger charge is 2.17. The maximum Gasteiger partial charge on any atom is 0.307 e. The van der Waals surface area contributed by atoms with Crippen molar-refractivity contribution in [2.24, 2.45) is 0 Å². The van der Waals surface area contributed by atoms with E-state index in [1.807, 2.05) is 35.2 Å². The minimum atomic E-state index is -0.346. The van der Waals surface area contributed by atoms with Gasteiger partial charge in [-0.3, -0.25) is 14.4 Å². The first-order valence-corrected chi connectivity index (χ1v) is 10.1. The molecule has 8 heteroatoms. The predicted molar refractivity (Wildman–Crippen MR) is 120 cm³/mol. The molecule has 0 amide bonds. The molecule has 0 saturated carbocycles. The first-order valence-electron chi connectivity index (χ1n) is 10.1. The van der Waals surface area contributed by atoms with Crippen LogP contribution >= 0.6 is 0 Å². The number of hydrogen-bond acceptors (Lipinski definition) is 8. The van der Waals surface area contributed by atoms with Crippen molar-refractivity contribution < 1.29 is 23.5 Å². The summed E-state index contributed by atoms with van der Waals surface area (Å²) in [5, 5.41) is 1.33. The SMILES string of the molecule is COC(=O)CCN(CCC(=O)OC)c1ccc2nc3c4ccccc4c(=O)cc-3oc2c1. The second-order valence-corrected chi connectivity index (χ2v) is 7.27. The van der Waals surface area contributed by atoms with E-state index in [4.69, 9.17) is 18.9 Å². The summed E-state index contributed by atoms with van der Waals surface area (Å²) in [4.78, 5) is 42.4. The molecule has 1 aliphatic carbocycles. The van der Waals surface area contributed by atoms with Crippen LogP contribution in [0.5, 0.6) is 0 Å². The number of benzene rings is 3. The molecule has 1 heterocycles. The third-order valence-corrected chi connectivity index (χ3v) is 5.33. The van der Waals surface area contributed by atoms with Crippen molar-refractivity contribution >= 4 is 39.5 Å². The molecule has 4 rings (SSSR count). The molecule has 2 aromatic rings. The van der Waals surface area contributed by atoms with E-state index in [2.05, 4.69) is 0 Å². The summed E-state index contributed by atoms with van der Waals surface area (Å²) in [7, 11) is 2.67. The second kappa shape index (κ2) is 9.05. The van der Waals surface area contributed by atoms with E-state index in [0.717, 1.165) is 11.1 Å². The Kier molecular flexibility index (Phi) is 6.02. The van der Waals surface area contributed by atoms with Gasteiger partial charge in [-0.1, -0.05) is 24.3 Å². The van der Waals surface area contributed by atoms with Crippen LogP contribution in [0.1, 0.15) is 12.8 Å². The molecule has 0 spiro atoms. The van der Waals surface area contributed by atoms with E-state index in [0.29, 0.717) is 41.0 Å². The topological polar surface area (TPSA) is 98.9 Å². The van der Waals surface area contributed by atoms with Gasteiger partial charge in [-0.2, -0.15) is 0 Å². The van der Waals surface area contributed by atoms with Gasteiger partial charge in [-0.15, -0.1) is 0 Å². The first-order chi connectivity index (χ1) is 15.5. The maximum absolute atomic E-state index is 12.5. The van der Waals surface area contributed by atoms with Gasteiger partial charge in [0.1, 0.15) is 11.2 Å². The number of carbonyl (C=O) groups excluding carboxylic acids is 2. The van der Waals surface area contributed by atoms with Gasteiger partial charge in [0.05, 0.1) is 27.1 Å². The summed E-state index contributed by atoms with van der Waals surface area (Å²) < 4.78 is 15.5. The molecule has 1 aliphatic heterocycles. The van der Waals surface area contributed by atoms with Crippen molar-refractivity contribution in [3.8, 4) is 11.5 Å². The Morgan fingerprint density at radius 1 is 0.938 bits per heavy atom. The van der Waals surface area contributed by atoms with Crippen molar-refractivity contribution in [3.63, 3.8) is 0 Å². The number of fused-ring (bicyclic) bond motifs is 4. The van der Waals surface area contributed by atoms with E-state index in [1.165, 1.54) is 20.3 Å². The average Bonchev–Trinajstić information content (AvgIpc) is 2.82. The molecule has 0 N–H and O–H groups in total. The number of rotatable bonds is 7. The van der Waals surface area contributed by atoms with Gasteiger partial charge in [0.25, 0.3) is 0 Å². The van der Waals surface area contributed by atoms with Crippen LogP contribution in [-0.2, 0) is 19.1 Å². The van der Waals surface area contributed by atoms with Crippen LogP contribution in [0.15, 0.2) is 57.7 Å². The fourth-order valence-corrected chi connectivity index (χ4v) is 3.63. The zero-order valence-electron chi connectivity index (χ0n) is 17.8. The molecular formula is C24H22N2O6. The van der Waals surface area contributed by atoms with E-state index >= 15 is 0 Å². The van der Waals surface area contributed by atoms with Crippen LogP contribution in [0.4, 0.5) is 5.69 Å². The summed E-state index contributed by atoms with van der Waals surface area (Å²) in [6.07, 6.45) is 0.322. The normalized spacial score (nSPS) is 11.1. The summed E-state index contributed by atoms with van der Waals surface area (Å²) in [5.74, 6) is -0.295. The Balaban J connectivity index is 1.75. The van der Waals surface area contributed by atoms with Gasteiger partial charge in [0, 0.05) is 41.7 Å². The Labute approximate surface area is 183 Å². The van der Waals surface area contributed by atoms with E-state index in [1.54, 1.807) is 12.1 Å². The van der Waals surface area contributed by atoms with Crippen molar-refractivity contribution in [2.75, 3.05) is 32.2 Å². The van der Waals surface area contributed by atoms with Gasteiger partial charge in [-0.05, 0) is 12.1 Å². The maximum atomic E-state index is 12.5. The molecule has 0 radical (unpaired) electrons. The molecule has 8 nitrogen and oxygen atoms in total. The smallest absolute Gasteiger partial charge is 0.307 e. The first kappa shape index (κ1) is 21.3. The van der Waals surface area contributed by atoms with Crippen molar-refractivity contribution in [1.29, 1.82) is 0 Å². The molecule has 0 bridgehead atoms. The lowest BCUT2D eigenvalue weighted by Crippen LogP contribution is -2.29. The molecule has 0 aromatic heterocycles. The minimum absolute atomic E-state index is 0.132. The highest BCUT2D eigenvalue weighted by Crippen LogP contribution is 2.31. The lowest BCUT2D eigenvalue weighted by molar-refractivity contribution is -0.140.